The monoisotopic (exact) mass is 237 g/mol. The molecule has 0 aliphatic heterocycles. The Morgan fingerprint density at radius 3 is 2.67 bits per heavy atom. The molecule has 0 saturated heterocycles. The molecule has 0 unspecified atom stereocenters. The van der Waals surface area contributed by atoms with Crippen molar-refractivity contribution < 1.29 is 4.79 Å². The van der Waals surface area contributed by atoms with Crippen molar-refractivity contribution in [2.24, 2.45) is 0 Å². The molecule has 3 aromatic rings. The number of aromatic amines is 1. The number of nitrogens with zero attached hydrogens (tertiary/aromatic N) is 2. The minimum Gasteiger partial charge on any atom is -0.338 e. The molecule has 0 atom stereocenters. The van der Waals surface area contributed by atoms with Gasteiger partial charge in [0, 0.05) is 23.5 Å². The van der Waals surface area contributed by atoms with E-state index in [9.17, 15) is 4.79 Å². The minimum atomic E-state index is 0.0527. The molecule has 4 nitrogen and oxygen atoms in total. The predicted molar refractivity (Wildman–Crippen MR) is 69.3 cm³/mol. The highest BCUT2D eigenvalue weighted by atomic mass is 16.1. The number of hydrogen-bond donors (Lipinski definition) is 1. The lowest BCUT2D eigenvalue weighted by Gasteiger charge is -1.94. The zero-order valence-corrected chi connectivity index (χ0v) is 9.84. The number of carbonyl (C=O) groups excluding carboxylic acids is 1. The van der Waals surface area contributed by atoms with Gasteiger partial charge in [0.1, 0.15) is 5.82 Å². The van der Waals surface area contributed by atoms with Gasteiger partial charge in [-0.2, -0.15) is 0 Å². The summed E-state index contributed by atoms with van der Waals surface area (Å²) in [6, 6.07) is 9.26. The smallest absolute Gasteiger partial charge is 0.159 e. The molecule has 18 heavy (non-hydrogen) atoms. The maximum Gasteiger partial charge on any atom is 0.159 e. The van der Waals surface area contributed by atoms with Gasteiger partial charge in [0.25, 0.3) is 0 Å². The standard InChI is InChI=1S/C14H11N3O/c1-9(18)11-2-3-12-13(8-11)17-14(16-12)10-4-6-15-7-5-10/h2-8H,1H3,(H,16,17). The minimum absolute atomic E-state index is 0.0527. The van der Waals surface area contributed by atoms with Gasteiger partial charge in [-0.05, 0) is 37.3 Å². The summed E-state index contributed by atoms with van der Waals surface area (Å²) in [5.41, 5.74) is 3.39. The fourth-order valence-corrected chi connectivity index (χ4v) is 1.88. The van der Waals surface area contributed by atoms with Crippen LogP contribution in [0.15, 0.2) is 42.7 Å². The molecule has 1 aromatic carbocycles. The van der Waals surface area contributed by atoms with Gasteiger partial charge in [-0.1, -0.05) is 0 Å². The van der Waals surface area contributed by atoms with Crippen LogP contribution < -0.4 is 0 Å². The molecule has 1 N–H and O–H groups in total. The summed E-state index contributed by atoms with van der Waals surface area (Å²) in [5.74, 6) is 0.838. The number of ketones is 1. The lowest BCUT2D eigenvalue weighted by atomic mass is 10.1. The van der Waals surface area contributed by atoms with Crippen molar-refractivity contribution in [1.82, 2.24) is 15.0 Å². The van der Waals surface area contributed by atoms with Gasteiger partial charge < -0.3 is 4.98 Å². The average molecular weight is 237 g/mol. The van der Waals surface area contributed by atoms with Gasteiger partial charge in [0.15, 0.2) is 5.78 Å². The number of Topliss-reactive ketones (excluding diaryl/α,β-unsaturated/α-hetero) is 1. The summed E-state index contributed by atoms with van der Waals surface area (Å²) < 4.78 is 0. The van der Waals surface area contributed by atoms with Gasteiger partial charge in [-0.15, -0.1) is 0 Å². The third-order valence-electron chi connectivity index (χ3n) is 2.84. The molecule has 0 aliphatic rings. The van der Waals surface area contributed by atoms with Crippen LogP contribution in [0.5, 0.6) is 0 Å². The Labute approximate surface area is 104 Å². The van der Waals surface area contributed by atoms with E-state index < -0.39 is 0 Å². The molecule has 2 heterocycles. The molecule has 0 radical (unpaired) electrons. The molecule has 4 heteroatoms. The first kappa shape index (κ1) is 10.7. The Hall–Kier alpha value is -2.49. The molecule has 0 amide bonds. The second kappa shape index (κ2) is 4.07. The third kappa shape index (κ3) is 1.78. The van der Waals surface area contributed by atoms with E-state index in [1.54, 1.807) is 25.4 Å². The van der Waals surface area contributed by atoms with Crippen LogP contribution in [-0.2, 0) is 0 Å². The number of H-pyrrole nitrogens is 1. The van der Waals surface area contributed by atoms with E-state index in [1.165, 1.54) is 0 Å². The maximum atomic E-state index is 11.3. The summed E-state index contributed by atoms with van der Waals surface area (Å²) in [4.78, 5) is 23.0. The summed E-state index contributed by atoms with van der Waals surface area (Å²) >= 11 is 0. The second-order valence-corrected chi connectivity index (χ2v) is 4.11. The highest BCUT2D eigenvalue weighted by Gasteiger charge is 2.07. The van der Waals surface area contributed by atoms with E-state index in [0.29, 0.717) is 5.56 Å². The van der Waals surface area contributed by atoms with Crippen LogP contribution in [0.1, 0.15) is 17.3 Å². The Morgan fingerprint density at radius 1 is 1.17 bits per heavy atom. The van der Waals surface area contributed by atoms with Crippen LogP contribution in [0, 0.1) is 0 Å². The molecule has 0 aliphatic carbocycles. The molecular weight excluding hydrogens is 226 g/mol. The van der Waals surface area contributed by atoms with Crippen molar-refractivity contribution in [2.75, 3.05) is 0 Å². The van der Waals surface area contributed by atoms with E-state index in [-0.39, 0.29) is 5.78 Å². The molecule has 0 spiro atoms. The van der Waals surface area contributed by atoms with Gasteiger partial charge in [-0.3, -0.25) is 9.78 Å². The molecule has 0 saturated carbocycles. The SMILES string of the molecule is CC(=O)c1ccc2nc(-c3ccncc3)[nH]c2c1. The van der Waals surface area contributed by atoms with Crippen LogP contribution in [0.2, 0.25) is 0 Å². The van der Waals surface area contributed by atoms with Gasteiger partial charge in [-0.25, -0.2) is 4.98 Å². The van der Waals surface area contributed by atoms with Crippen LogP contribution in [-0.4, -0.2) is 20.7 Å². The highest BCUT2D eigenvalue weighted by molar-refractivity contribution is 5.97. The topological polar surface area (TPSA) is 58.6 Å². The van der Waals surface area contributed by atoms with Crippen LogP contribution in [0.4, 0.5) is 0 Å². The first-order valence-electron chi connectivity index (χ1n) is 5.65. The van der Waals surface area contributed by atoms with Gasteiger partial charge in [0.2, 0.25) is 0 Å². The number of pyridine rings is 1. The van der Waals surface area contributed by atoms with Crippen LogP contribution >= 0.6 is 0 Å². The molecule has 0 fully saturated rings. The van der Waals surface area contributed by atoms with E-state index in [2.05, 4.69) is 15.0 Å². The Bertz CT molecular complexity index is 716. The number of nitrogens with one attached hydrogen (secondary N) is 1. The zero-order chi connectivity index (χ0) is 12.5. The summed E-state index contributed by atoms with van der Waals surface area (Å²) in [6.45, 7) is 1.56. The number of hydrogen-bond acceptors (Lipinski definition) is 3. The predicted octanol–water partition coefficient (Wildman–Crippen LogP) is 2.83. The maximum absolute atomic E-state index is 11.3. The zero-order valence-electron chi connectivity index (χ0n) is 9.84. The van der Waals surface area contributed by atoms with Gasteiger partial charge >= 0.3 is 0 Å². The summed E-state index contributed by atoms with van der Waals surface area (Å²) in [6.07, 6.45) is 3.45. The first-order chi connectivity index (χ1) is 8.74. The fraction of sp³-hybridized carbons (Fsp3) is 0.0714. The van der Waals surface area contributed by atoms with Crippen LogP contribution in [0.25, 0.3) is 22.4 Å². The number of fused-ring (bicyclic) bond motifs is 1. The first-order valence-corrected chi connectivity index (χ1v) is 5.65. The van der Waals surface area contributed by atoms with Crippen molar-refractivity contribution in [1.29, 1.82) is 0 Å². The Balaban J connectivity index is 2.14. The van der Waals surface area contributed by atoms with Crippen molar-refractivity contribution >= 4 is 16.8 Å². The average Bonchev–Trinajstić information content (AvgIpc) is 2.82. The molecule has 2 aromatic heterocycles. The summed E-state index contributed by atoms with van der Waals surface area (Å²) in [7, 11) is 0. The van der Waals surface area contributed by atoms with Gasteiger partial charge in [0.05, 0.1) is 11.0 Å². The third-order valence-corrected chi connectivity index (χ3v) is 2.84. The largest absolute Gasteiger partial charge is 0.338 e. The van der Waals surface area contributed by atoms with E-state index in [4.69, 9.17) is 0 Å². The van der Waals surface area contributed by atoms with Crippen molar-refractivity contribution in [3.63, 3.8) is 0 Å². The number of benzene rings is 1. The Kier molecular flexibility index (Phi) is 2.41. The van der Waals surface area contributed by atoms with Crippen molar-refractivity contribution in [2.45, 2.75) is 6.92 Å². The normalized spacial score (nSPS) is 10.7. The van der Waals surface area contributed by atoms with Crippen LogP contribution in [0.3, 0.4) is 0 Å². The quantitative estimate of drug-likeness (QED) is 0.697. The second-order valence-electron chi connectivity index (χ2n) is 4.11. The number of rotatable bonds is 2. The molecule has 3 rings (SSSR count). The lowest BCUT2D eigenvalue weighted by molar-refractivity contribution is 0.101. The Morgan fingerprint density at radius 2 is 1.94 bits per heavy atom. The lowest BCUT2D eigenvalue weighted by Crippen LogP contribution is -1.90. The van der Waals surface area contributed by atoms with E-state index >= 15 is 0 Å². The molecule has 88 valence electrons. The van der Waals surface area contributed by atoms with E-state index in [0.717, 1.165) is 22.4 Å². The summed E-state index contributed by atoms with van der Waals surface area (Å²) in [5, 5.41) is 0. The van der Waals surface area contributed by atoms with Crippen molar-refractivity contribution in [3.05, 3.63) is 48.3 Å². The number of imidazole rings is 1. The molecule has 0 bridgehead atoms. The van der Waals surface area contributed by atoms with Crippen molar-refractivity contribution in [3.8, 4) is 11.4 Å². The fourth-order valence-electron chi connectivity index (χ4n) is 1.88. The number of aromatic nitrogens is 3. The van der Waals surface area contributed by atoms with E-state index in [1.807, 2.05) is 24.3 Å². The molecular formula is C14H11N3O. The highest BCUT2D eigenvalue weighted by Crippen LogP contribution is 2.20. The number of carbonyl (C=O) groups is 1.